The Hall–Kier alpha value is -3.06. The second kappa shape index (κ2) is 8.09. The maximum atomic E-state index is 12.3. The number of carbonyl (C=O) groups excluding carboxylic acids is 1. The maximum Gasteiger partial charge on any atom is 0.246 e. The van der Waals surface area contributed by atoms with Gasteiger partial charge in [0, 0.05) is 55.1 Å². The molecule has 0 saturated carbocycles. The number of aromatic nitrogens is 3. The number of pyridine rings is 1. The number of hydrogen-bond donors (Lipinski definition) is 0. The van der Waals surface area contributed by atoms with Crippen molar-refractivity contribution in [1.29, 1.82) is 0 Å². The van der Waals surface area contributed by atoms with Gasteiger partial charge in [0.15, 0.2) is 5.82 Å². The normalized spacial score (nSPS) is 14.7. The Bertz CT molecular complexity index is 901. The first-order chi connectivity index (χ1) is 13.3. The molecule has 136 valence electrons. The number of thiophene rings is 1. The molecule has 1 amide bonds. The Morgan fingerprint density at radius 2 is 1.93 bits per heavy atom. The van der Waals surface area contributed by atoms with Gasteiger partial charge in [0.1, 0.15) is 0 Å². The molecule has 0 unspecified atom stereocenters. The predicted octanol–water partition coefficient (Wildman–Crippen LogP) is 2.96. The fraction of sp³-hybridized carbons (Fsp3) is 0.200. The van der Waals surface area contributed by atoms with Crippen molar-refractivity contribution < 1.29 is 4.79 Å². The topological polar surface area (TPSA) is 62.2 Å². The smallest absolute Gasteiger partial charge is 0.246 e. The summed E-state index contributed by atoms with van der Waals surface area (Å²) in [6.07, 6.45) is 7.05. The van der Waals surface area contributed by atoms with Crippen molar-refractivity contribution in [3.63, 3.8) is 0 Å². The largest absolute Gasteiger partial charge is 0.352 e. The molecule has 0 aliphatic carbocycles. The van der Waals surface area contributed by atoms with E-state index >= 15 is 0 Å². The van der Waals surface area contributed by atoms with E-state index in [0.29, 0.717) is 13.1 Å². The van der Waals surface area contributed by atoms with Crippen LogP contribution in [0.4, 0.5) is 5.82 Å². The Morgan fingerprint density at radius 1 is 1.04 bits per heavy atom. The molecule has 1 saturated heterocycles. The van der Waals surface area contributed by atoms with Crippen LogP contribution < -0.4 is 4.90 Å². The summed E-state index contributed by atoms with van der Waals surface area (Å²) in [5.74, 6) is 0.893. The van der Waals surface area contributed by atoms with Gasteiger partial charge in [0.05, 0.1) is 5.69 Å². The van der Waals surface area contributed by atoms with Crippen LogP contribution in [0.2, 0.25) is 0 Å². The van der Waals surface area contributed by atoms with E-state index in [9.17, 15) is 4.79 Å². The van der Waals surface area contributed by atoms with Crippen LogP contribution in [0.5, 0.6) is 0 Å². The van der Waals surface area contributed by atoms with Crippen LogP contribution in [-0.4, -0.2) is 52.2 Å². The summed E-state index contributed by atoms with van der Waals surface area (Å²) in [5.41, 5.74) is 1.75. The lowest BCUT2D eigenvalue weighted by molar-refractivity contribution is -0.126. The monoisotopic (exact) mass is 377 g/mol. The van der Waals surface area contributed by atoms with Gasteiger partial charge in [-0.15, -0.1) is 21.5 Å². The molecule has 7 heteroatoms. The first-order valence-corrected chi connectivity index (χ1v) is 9.67. The lowest BCUT2D eigenvalue weighted by Gasteiger charge is -2.34. The molecule has 0 atom stereocenters. The highest BCUT2D eigenvalue weighted by Crippen LogP contribution is 2.18. The highest BCUT2D eigenvalue weighted by atomic mass is 32.1. The SMILES string of the molecule is O=C(/C=C/c1cccs1)N1CCN(c2ccc(-c3cccnc3)nn2)CC1. The summed E-state index contributed by atoms with van der Waals surface area (Å²) in [4.78, 5) is 21.6. The Kier molecular flexibility index (Phi) is 5.20. The van der Waals surface area contributed by atoms with Crippen LogP contribution in [0.25, 0.3) is 17.3 Å². The molecule has 0 aromatic carbocycles. The molecule has 6 nitrogen and oxygen atoms in total. The summed E-state index contributed by atoms with van der Waals surface area (Å²) >= 11 is 1.62. The van der Waals surface area contributed by atoms with Crippen LogP contribution in [-0.2, 0) is 4.79 Å². The molecule has 0 radical (unpaired) electrons. The molecule has 0 N–H and O–H groups in total. The van der Waals surface area contributed by atoms with E-state index in [1.807, 2.05) is 52.8 Å². The third-order valence-corrected chi connectivity index (χ3v) is 5.29. The number of anilines is 1. The van der Waals surface area contributed by atoms with Crippen LogP contribution in [0.1, 0.15) is 4.88 Å². The van der Waals surface area contributed by atoms with Crippen LogP contribution in [0, 0.1) is 0 Å². The number of rotatable bonds is 4. The highest BCUT2D eigenvalue weighted by molar-refractivity contribution is 7.10. The van der Waals surface area contributed by atoms with Crippen LogP contribution in [0.15, 0.2) is 60.2 Å². The second-order valence-corrected chi connectivity index (χ2v) is 7.16. The van der Waals surface area contributed by atoms with Crippen molar-refractivity contribution in [2.75, 3.05) is 31.1 Å². The van der Waals surface area contributed by atoms with Gasteiger partial charge in [0.25, 0.3) is 0 Å². The van der Waals surface area contributed by atoms with Gasteiger partial charge in [0.2, 0.25) is 5.91 Å². The van der Waals surface area contributed by atoms with E-state index in [2.05, 4.69) is 20.1 Å². The first kappa shape index (κ1) is 17.4. The van der Waals surface area contributed by atoms with Gasteiger partial charge in [-0.2, -0.15) is 0 Å². The van der Waals surface area contributed by atoms with Crippen molar-refractivity contribution >= 4 is 29.1 Å². The number of amides is 1. The summed E-state index contributed by atoms with van der Waals surface area (Å²) in [6.45, 7) is 2.86. The minimum Gasteiger partial charge on any atom is -0.352 e. The van der Waals surface area contributed by atoms with Crippen LogP contribution >= 0.6 is 11.3 Å². The lowest BCUT2D eigenvalue weighted by atomic mass is 10.2. The fourth-order valence-electron chi connectivity index (χ4n) is 2.96. The second-order valence-electron chi connectivity index (χ2n) is 6.18. The molecule has 4 rings (SSSR count). The van der Waals surface area contributed by atoms with E-state index in [1.54, 1.807) is 29.8 Å². The molecular formula is C20H19N5OS. The molecule has 0 spiro atoms. The lowest BCUT2D eigenvalue weighted by Crippen LogP contribution is -2.48. The quantitative estimate of drug-likeness (QED) is 0.654. The van der Waals surface area contributed by atoms with Crippen LogP contribution in [0.3, 0.4) is 0 Å². The summed E-state index contributed by atoms with van der Waals surface area (Å²) in [5, 5.41) is 10.7. The van der Waals surface area contributed by atoms with Gasteiger partial charge in [-0.25, -0.2) is 0 Å². The third kappa shape index (κ3) is 4.20. The number of piperazine rings is 1. The minimum absolute atomic E-state index is 0.0565. The van der Waals surface area contributed by atoms with E-state index in [-0.39, 0.29) is 5.91 Å². The van der Waals surface area contributed by atoms with Crippen molar-refractivity contribution in [3.05, 3.63) is 65.1 Å². The zero-order chi connectivity index (χ0) is 18.5. The van der Waals surface area contributed by atoms with Crippen molar-refractivity contribution in [2.24, 2.45) is 0 Å². The Balaban J connectivity index is 1.34. The van der Waals surface area contributed by atoms with E-state index in [0.717, 1.165) is 35.0 Å². The molecule has 1 fully saturated rings. The third-order valence-electron chi connectivity index (χ3n) is 4.46. The average molecular weight is 377 g/mol. The summed E-state index contributed by atoms with van der Waals surface area (Å²) < 4.78 is 0. The van der Waals surface area contributed by atoms with E-state index in [4.69, 9.17) is 0 Å². The highest BCUT2D eigenvalue weighted by Gasteiger charge is 2.20. The number of hydrogen-bond acceptors (Lipinski definition) is 6. The standard InChI is InChI=1S/C20H19N5OS/c26-20(8-5-17-4-2-14-27-17)25-12-10-24(11-13-25)19-7-6-18(22-23-19)16-3-1-9-21-15-16/h1-9,14-15H,10-13H2/b8-5+. The van der Waals surface area contributed by atoms with Gasteiger partial charge in [-0.3, -0.25) is 9.78 Å². The van der Waals surface area contributed by atoms with Gasteiger partial charge in [-0.05, 0) is 41.8 Å². The van der Waals surface area contributed by atoms with E-state index < -0.39 is 0 Å². The molecule has 1 aliphatic rings. The van der Waals surface area contributed by atoms with Gasteiger partial charge >= 0.3 is 0 Å². The minimum atomic E-state index is 0.0565. The molecular weight excluding hydrogens is 358 g/mol. The zero-order valence-corrected chi connectivity index (χ0v) is 15.5. The zero-order valence-electron chi connectivity index (χ0n) is 14.7. The maximum absolute atomic E-state index is 12.3. The van der Waals surface area contributed by atoms with Crippen molar-refractivity contribution in [2.45, 2.75) is 0 Å². The fourth-order valence-corrected chi connectivity index (χ4v) is 3.58. The Morgan fingerprint density at radius 3 is 2.59 bits per heavy atom. The van der Waals surface area contributed by atoms with Crippen molar-refractivity contribution in [1.82, 2.24) is 20.1 Å². The molecule has 3 aromatic rings. The number of nitrogens with zero attached hydrogens (tertiary/aromatic N) is 5. The van der Waals surface area contributed by atoms with Gasteiger partial charge in [-0.1, -0.05) is 6.07 Å². The van der Waals surface area contributed by atoms with E-state index in [1.165, 1.54) is 0 Å². The van der Waals surface area contributed by atoms with Crippen molar-refractivity contribution in [3.8, 4) is 11.3 Å². The van der Waals surface area contributed by atoms with Gasteiger partial charge < -0.3 is 9.80 Å². The summed E-state index contributed by atoms with van der Waals surface area (Å²) in [7, 11) is 0. The molecule has 27 heavy (non-hydrogen) atoms. The summed E-state index contributed by atoms with van der Waals surface area (Å²) in [6, 6.07) is 11.8. The predicted molar refractivity (Wildman–Crippen MR) is 107 cm³/mol. The molecule has 4 heterocycles. The molecule has 1 aliphatic heterocycles. The molecule has 0 bridgehead atoms. The Labute approximate surface area is 161 Å². The first-order valence-electron chi connectivity index (χ1n) is 8.79. The number of carbonyl (C=O) groups is 1. The average Bonchev–Trinajstić information content (AvgIpc) is 3.27. The molecule has 3 aromatic heterocycles.